The SMILES string of the molecule is CC(C)(C)c1ccc2[nH]c3c(c2c1)C(CN)CCC3. The van der Waals surface area contributed by atoms with Crippen LogP contribution in [0.25, 0.3) is 10.9 Å². The van der Waals surface area contributed by atoms with Gasteiger partial charge in [-0.2, -0.15) is 0 Å². The van der Waals surface area contributed by atoms with Crippen LogP contribution >= 0.6 is 0 Å². The molecule has 1 aromatic heterocycles. The summed E-state index contributed by atoms with van der Waals surface area (Å²) in [5, 5.41) is 1.40. The maximum absolute atomic E-state index is 5.98. The topological polar surface area (TPSA) is 41.8 Å². The average Bonchev–Trinajstić information content (AvgIpc) is 2.75. The normalized spacial score (nSPS) is 19.7. The first-order valence-corrected chi connectivity index (χ1v) is 7.36. The Kier molecular flexibility index (Phi) is 2.94. The molecule has 0 saturated carbocycles. The van der Waals surface area contributed by atoms with Crippen LogP contribution in [0.5, 0.6) is 0 Å². The highest BCUT2D eigenvalue weighted by Crippen LogP contribution is 2.38. The lowest BCUT2D eigenvalue weighted by molar-refractivity contribution is 0.560. The highest BCUT2D eigenvalue weighted by molar-refractivity contribution is 5.86. The number of benzene rings is 1. The van der Waals surface area contributed by atoms with Gasteiger partial charge in [-0.25, -0.2) is 0 Å². The molecule has 0 radical (unpaired) electrons. The number of nitrogens with one attached hydrogen (secondary N) is 1. The predicted octanol–water partition coefficient (Wildman–Crippen LogP) is 3.84. The quantitative estimate of drug-likeness (QED) is 0.799. The number of aromatic amines is 1. The molecular formula is C17H24N2. The van der Waals surface area contributed by atoms with E-state index in [0.29, 0.717) is 5.92 Å². The lowest BCUT2D eigenvalue weighted by atomic mass is 9.82. The van der Waals surface area contributed by atoms with Crippen molar-refractivity contribution in [3.8, 4) is 0 Å². The van der Waals surface area contributed by atoms with Crippen LogP contribution in [0.4, 0.5) is 0 Å². The zero-order valence-corrected chi connectivity index (χ0v) is 12.2. The Morgan fingerprint density at radius 1 is 1.32 bits per heavy atom. The van der Waals surface area contributed by atoms with Gasteiger partial charge in [0.05, 0.1) is 0 Å². The zero-order valence-electron chi connectivity index (χ0n) is 12.2. The molecule has 102 valence electrons. The molecule has 1 aliphatic rings. The van der Waals surface area contributed by atoms with Crippen LogP contribution < -0.4 is 5.73 Å². The molecule has 1 aliphatic carbocycles. The van der Waals surface area contributed by atoms with E-state index in [2.05, 4.69) is 44.0 Å². The Bertz CT molecular complexity index is 601. The Morgan fingerprint density at radius 2 is 2.11 bits per heavy atom. The van der Waals surface area contributed by atoms with Crippen LogP contribution in [0.1, 0.15) is 56.4 Å². The third kappa shape index (κ3) is 2.08. The van der Waals surface area contributed by atoms with Crippen molar-refractivity contribution in [2.24, 2.45) is 5.73 Å². The van der Waals surface area contributed by atoms with E-state index in [4.69, 9.17) is 5.73 Å². The second-order valence-corrected chi connectivity index (χ2v) is 6.85. The van der Waals surface area contributed by atoms with E-state index in [9.17, 15) is 0 Å². The summed E-state index contributed by atoms with van der Waals surface area (Å²) in [6.45, 7) is 7.58. The van der Waals surface area contributed by atoms with Crippen molar-refractivity contribution in [2.45, 2.75) is 51.4 Å². The Balaban J connectivity index is 2.22. The van der Waals surface area contributed by atoms with Crippen molar-refractivity contribution in [1.29, 1.82) is 0 Å². The summed E-state index contributed by atoms with van der Waals surface area (Å²) in [5.74, 6) is 0.535. The molecule has 0 fully saturated rings. The number of hydrogen-bond donors (Lipinski definition) is 2. The number of hydrogen-bond acceptors (Lipinski definition) is 1. The van der Waals surface area contributed by atoms with Gasteiger partial charge in [-0.3, -0.25) is 0 Å². The summed E-state index contributed by atoms with van der Waals surface area (Å²) >= 11 is 0. The fraction of sp³-hybridized carbons (Fsp3) is 0.529. The number of aryl methyl sites for hydroxylation is 1. The van der Waals surface area contributed by atoms with Crippen LogP contribution in [0, 0.1) is 0 Å². The molecule has 2 aromatic rings. The van der Waals surface area contributed by atoms with E-state index in [1.165, 1.54) is 47.0 Å². The first-order chi connectivity index (χ1) is 9.00. The number of rotatable bonds is 1. The summed E-state index contributed by atoms with van der Waals surface area (Å²) in [4.78, 5) is 3.60. The minimum Gasteiger partial charge on any atom is -0.358 e. The largest absolute Gasteiger partial charge is 0.358 e. The monoisotopic (exact) mass is 256 g/mol. The smallest absolute Gasteiger partial charge is 0.0459 e. The van der Waals surface area contributed by atoms with Gasteiger partial charge in [0, 0.05) is 16.6 Å². The standard InChI is InChI=1S/C17H24N2/c1-17(2,3)12-7-8-14-13(9-12)16-11(10-18)5-4-6-15(16)19-14/h7-9,11,19H,4-6,10,18H2,1-3H3. The fourth-order valence-corrected chi connectivity index (χ4v) is 3.30. The molecule has 1 aromatic carbocycles. The van der Waals surface area contributed by atoms with Crippen LogP contribution in [0.2, 0.25) is 0 Å². The van der Waals surface area contributed by atoms with Gasteiger partial charge in [-0.15, -0.1) is 0 Å². The number of nitrogens with two attached hydrogens (primary N) is 1. The van der Waals surface area contributed by atoms with Crippen molar-refractivity contribution in [3.05, 3.63) is 35.0 Å². The number of fused-ring (bicyclic) bond motifs is 3. The summed E-state index contributed by atoms with van der Waals surface area (Å²) in [6, 6.07) is 6.86. The molecule has 0 amide bonds. The lowest BCUT2D eigenvalue weighted by Gasteiger charge is -2.22. The maximum Gasteiger partial charge on any atom is 0.0459 e. The molecule has 0 bridgehead atoms. The Labute approximate surface area is 115 Å². The van der Waals surface area contributed by atoms with Gasteiger partial charge in [0.15, 0.2) is 0 Å². The molecule has 3 rings (SSSR count). The molecule has 19 heavy (non-hydrogen) atoms. The highest BCUT2D eigenvalue weighted by Gasteiger charge is 2.24. The van der Waals surface area contributed by atoms with Gasteiger partial charge < -0.3 is 10.7 Å². The van der Waals surface area contributed by atoms with Crippen molar-refractivity contribution < 1.29 is 0 Å². The van der Waals surface area contributed by atoms with Crippen LogP contribution in [0.15, 0.2) is 18.2 Å². The highest BCUT2D eigenvalue weighted by atomic mass is 14.7. The van der Waals surface area contributed by atoms with E-state index in [1.54, 1.807) is 0 Å². The molecule has 0 saturated heterocycles. The first-order valence-electron chi connectivity index (χ1n) is 7.36. The Morgan fingerprint density at radius 3 is 2.79 bits per heavy atom. The van der Waals surface area contributed by atoms with Gasteiger partial charge in [0.25, 0.3) is 0 Å². The van der Waals surface area contributed by atoms with Gasteiger partial charge in [0.1, 0.15) is 0 Å². The van der Waals surface area contributed by atoms with Crippen LogP contribution in [-0.2, 0) is 11.8 Å². The summed E-state index contributed by atoms with van der Waals surface area (Å²) < 4.78 is 0. The van der Waals surface area contributed by atoms with E-state index >= 15 is 0 Å². The summed E-state index contributed by atoms with van der Waals surface area (Å²) in [7, 11) is 0. The van der Waals surface area contributed by atoms with Crippen molar-refractivity contribution >= 4 is 10.9 Å². The first kappa shape index (κ1) is 12.7. The second kappa shape index (κ2) is 4.38. The van der Waals surface area contributed by atoms with Gasteiger partial charge in [0.2, 0.25) is 0 Å². The third-order valence-corrected chi connectivity index (χ3v) is 4.46. The molecular weight excluding hydrogens is 232 g/mol. The van der Waals surface area contributed by atoms with Crippen molar-refractivity contribution in [3.63, 3.8) is 0 Å². The number of aromatic nitrogens is 1. The van der Waals surface area contributed by atoms with E-state index in [1.807, 2.05) is 0 Å². The van der Waals surface area contributed by atoms with Gasteiger partial charge in [-0.05, 0) is 60.4 Å². The van der Waals surface area contributed by atoms with E-state index < -0.39 is 0 Å². The molecule has 2 heteroatoms. The molecule has 3 N–H and O–H groups in total. The fourth-order valence-electron chi connectivity index (χ4n) is 3.30. The van der Waals surface area contributed by atoms with Gasteiger partial charge >= 0.3 is 0 Å². The molecule has 0 spiro atoms. The second-order valence-electron chi connectivity index (χ2n) is 6.85. The number of H-pyrrole nitrogens is 1. The molecule has 1 unspecified atom stereocenters. The predicted molar refractivity (Wildman–Crippen MR) is 81.7 cm³/mol. The van der Waals surface area contributed by atoms with E-state index in [-0.39, 0.29) is 5.41 Å². The minimum atomic E-state index is 0.200. The molecule has 1 atom stereocenters. The molecule has 0 aliphatic heterocycles. The zero-order chi connectivity index (χ0) is 13.6. The average molecular weight is 256 g/mol. The van der Waals surface area contributed by atoms with Crippen LogP contribution in [-0.4, -0.2) is 11.5 Å². The maximum atomic E-state index is 5.98. The van der Waals surface area contributed by atoms with Crippen LogP contribution in [0.3, 0.4) is 0 Å². The Hall–Kier alpha value is -1.28. The van der Waals surface area contributed by atoms with Crippen molar-refractivity contribution in [2.75, 3.05) is 6.54 Å². The van der Waals surface area contributed by atoms with E-state index in [0.717, 1.165) is 6.54 Å². The molecule has 2 nitrogen and oxygen atoms in total. The third-order valence-electron chi connectivity index (χ3n) is 4.46. The van der Waals surface area contributed by atoms with Gasteiger partial charge in [-0.1, -0.05) is 26.8 Å². The lowest BCUT2D eigenvalue weighted by Crippen LogP contribution is -2.17. The van der Waals surface area contributed by atoms with Crippen molar-refractivity contribution in [1.82, 2.24) is 4.98 Å². The molecule has 1 heterocycles. The minimum absolute atomic E-state index is 0.200. The summed E-state index contributed by atoms with van der Waals surface area (Å²) in [6.07, 6.45) is 3.66. The summed E-state index contributed by atoms with van der Waals surface area (Å²) in [5.41, 5.74) is 11.8.